The van der Waals surface area contributed by atoms with Crippen molar-refractivity contribution in [1.29, 1.82) is 0 Å². The van der Waals surface area contributed by atoms with E-state index in [0.717, 1.165) is 0 Å². The number of rotatable bonds is 7. The highest BCUT2D eigenvalue weighted by molar-refractivity contribution is 5.97. The minimum atomic E-state index is -2.11. The van der Waals surface area contributed by atoms with Gasteiger partial charge in [-0.15, -0.1) is 0 Å². The van der Waals surface area contributed by atoms with Crippen LogP contribution in [-0.4, -0.2) is 68.9 Å². The number of carbonyl (C=O) groups is 2. The molecular weight excluding hydrogens is 270 g/mol. The fraction of sp³-hybridized carbons (Fsp3) is 0.727. The molecule has 0 aliphatic carbocycles. The molecular formula is C11H21N3O6. The molecule has 0 aliphatic rings. The monoisotopic (exact) mass is 291 g/mol. The zero-order valence-corrected chi connectivity index (χ0v) is 11.3. The zero-order valence-electron chi connectivity index (χ0n) is 11.3. The molecule has 2 amide bonds. The van der Waals surface area contributed by atoms with Crippen molar-refractivity contribution >= 4 is 17.5 Å². The number of primary amides is 1. The number of amides is 2. The van der Waals surface area contributed by atoms with Gasteiger partial charge in [-0.3, -0.25) is 9.59 Å². The fourth-order valence-electron chi connectivity index (χ4n) is 1.21. The van der Waals surface area contributed by atoms with Crippen LogP contribution in [0.15, 0.2) is 4.99 Å². The Kier molecular flexibility index (Phi) is 7.46. The number of carbonyl (C=O) groups excluding carboxylic acids is 2. The second-order valence-electron chi connectivity index (χ2n) is 4.50. The quantitative estimate of drug-likeness (QED) is 0.263. The van der Waals surface area contributed by atoms with Gasteiger partial charge in [-0.05, 0) is 6.92 Å². The minimum absolute atomic E-state index is 0.204. The average Bonchev–Trinajstić information content (AvgIpc) is 2.42. The Labute approximate surface area is 115 Å². The highest BCUT2D eigenvalue weighted by Crippen LogP contribution is 2.08. The molecule has 0 bridgehead atoms. The molecule has 0 saturated heterocycles. The molecule has 8 N–H and O–H groups in total. The van der Waals surface area contributed by atoms with Crippen LogP contribution in [0, 0.1) is 5.92 Å². The molecule has 0 aliphatic heterocycles. The number of hydrogen-bond acceptors (Lipinski definition) is 7. The van der Waals surface area contributed by atoms with Gasteiger partial charge in [0.15, 0.2) is 12.2 Å². The Bertz CT molecular complexity index is 386. The first kappa shape index (κ1) is 18.6. The highest BCUT2D eigenvalue weighted by atomic mass is 16.4. The molecule has 9 nitrogen and oxygen atoms in total. The van der Waals surface area contributed by atoms with Gasteiger partial charge in [-0.25, -0.2) is 4.99 Å². The normalized spacial score (nSPS) is 19.9. The summed E-state index contributed by atoms with van der Waals surface area (Å²) in [6.07, 6.45) is -8.41. The molecule has 0 aromatic rings. The Balaban J connectivity index is 4.85. The van der Waals surface area contributed by atoms with Gasteiger partial charge in [-0.2, -0.15) is 0 Å². The van der Waals surface area contributed by atoms with Crippen LogP contribution in [0.2, 0.25) is 0 Å². The molecule has 0 radical (unpaired) electrons. The summed E-state index contributed by atoms with van der Waals surface area (Å²) in [5.74, 6) is -2.62. The van der Waals surface area contributed by atoms with Crippen LogP contribution in [0.4, 0.5) is 0 Å². The molecule has 9 heteroatoms. The molecule has 0 aromatic carbocycles. The molecule has 1 unspecified atom stereocenters. The van der Waals surface area contributed by atoms with Crippen molar-refractivity contribution < 1.29 is 30.0 Å². The van der Waals surface area contributed by atoms with Gasteiger partial charge >= 0.3 is 0 Å². The largest absolute Gasteiger partial charge is 0.387 e. The van der Waals surface area contributed by atoms with E-state index >= 15 is 0 Å². The SMILES string of the molecule is C/C(=N\C(=O)[C@@H](O)[C@H](O)[C@H](O)[C@@H](O)C(N)=O)C(C)CN. The highest BCUT2D eigenvalue weighted by Gasteiger charge is 2.36. The van der Waals surface area contributed by atoms with Crippen LogP contribution < -0.4 is 11.5 Å². The number of nitrogens with zero attached hydrogens (tertiary/aromatic N) is 1. The Morgan fingerprint density at radius 2 is 1.55 bits per heavy atom. The maximum Gasteiger partial charge on any atom is 0.277 e. The van der Waals surface area contributed by atoms with Gasteiger partial charge in [-0.1, -0.05) is 6.92 Å². The third kappa shape index (κ3) is 4.94. The average molecular weight is 291 g/mol. The summed E-state index contributed by atoms with van der Waals surface area (Å²) in [4.78, 5) is 25.7. The summed E-state index contributed by atoms with van der Waals surface area (Å²) in [7, 11) is 0. The summed E-state index contributed by atoms with van der Waals surface area (Å²) in [5.41, 5.74) is 10.4. The Morgan fingerprint density at radius 3 is 1.95 bits per heavy atom. The van der Waals surface area contributed by atoms with E-state index < -0.39 is 36.2 Å². The van der Waals surface area contributed by atoms with Gasteiger partial charge < -0.3 is 31.9 Å². The second-order valence-corrected chi connectivity index (χ2v) is 4.50. The number of aliphatic imine (C=N–C) groups is 1. The molecule has 0 fully saturated rings. The standard InChI is InChI=1S/C11H21N3O6/c1-4(3-12)5(2)14-11(20)9(18)7(16)6(15)8(17)10(13)19/h4,6-9,15-18H,3,12H2,1-2H3,(H2,13,19)/b14-5+/t4?,6-,7+,8+,9-/m0/s1. The van der Waals surface area contributed by atoms with Crippen LogP contribution in [-0.2, 0) is 9.59 Å². The predicted octanol–water partition coefficient (Wildman–Crippen LogP) is -3.50. The number of nitrogens with two attached hydrogens (primary N) is 2. The van der Waals surface area contributed by atoms with Crippen molar-refractivity contribution in [3.8, 4) is 0 Å². The van der Waals surface area contributed by atoms with Gasteiger partial charge in [0, 0.05) is 18.2 Å². The first-order valence-corrected chi connectivity index (χ1v) is 5.94. The molecule has 20 heavy (non-hydrogen) atoms. The molecule has 0 spiro atoms. The molecule has 5 atom stereocenters. The van der Waals surface area contributed by atoms with E-state index in [2.05, 4.69) is 4.99 Å². The van der Waals surface area contributed by atoms with Crippen LogP contribution in [0.3, 0.4) is 0 Å². The lowest BCUT2D eigenvalue weighted by Crippen LogP contribution is -2.51. The van der Waals surface area contributed by atoms with E-state index in [1.807, 2.05) is 0 Å². The predicted molar refractivity (Wildman–Crippen MR) is 69.6 cm³/mol. The third-order valence-corrected chi connectivity index (χ3v) is 2.89. The van der Waals surface area contributed by atoms with Gasteiger partial charge in [0.25, 0.3) is 5.91 Å². The van der Waals surface area contributed by atoms with Crippen LogP contribution in [0.1, 0.15) is 13.8 Å². The summed E-state index contributed by atoms with van der Waals surface area (Å²) >= 11 is 0. The van der Waals surface area contributed by atoms with E-state index in [1.54, 1.807) is 6.92 Å². The lowest BCUT2D eigenvalue weighted by Gasteiger charge is -2.23. The number of aliphatic hydroxyl groups excluding tert-OH is 4. The van der Waals surface area contributed by atoms with E-state index in [1.165, 1.54) is 6.92 Å². The number of hydrogen-bond donors (Lipinski definition) is 6. The van der Waals surface area contributed by atoms with Crippen molar-refractivity contribution in [3.63, 3.8) is 0 Å². The summed E-state index contributed by atoms with van der Waals surface area (Å²) < 4.78 is 0. The maximum atomic E-state index is 11.6. The molecule has 0 heterocycles. The summed E-state index contributed by atoms with van der Waals surface area (Å²) in [6.45, 7) is 3.47. The van der Waals surface area contributed by atoms with Crippen molar-refractivity contribution in [3.05, 3.63) is 0 Å². The smallest absolute Gasteiger partial charge is 0.277 e. The van der Waals surface area contributed by atoms with Crippen LogP contribution in [0.25, 0.3) is 0 Å². The Hall–Kier alpha value is -1.39. The fourth-order valence-corrected chi connectivity index (χ4v) is 1.21. The molecule has 0 rings (SSSR count). The van der Waals surface area contributed by atoms with Gasteiger partial charge in [0.1, 0.15) is 12.2 Å². The van der Waals surface area contributed by atoms with Crippen molar-refractivity contribution in [2.24, 2.45) is 22.4 Å². The van der Waals surface area contributed by atoms with Crippen LogP contribution >= 0.6 is 0 Å². The Morgan fingerprint density at radius 1 is 1.10 bits per heavy atom. The lowest BCUT2D eigenvalue weighted by molar-refractivity contribution is -0.152. The summed E-state index contributed by atoms with van der Waals surface area (Å²) in [5, 5.41) is 37.6. The molecule has 0 aromatic heterocycles. The van der Waals surface area contributed by atoms with Crippen LogP contribution in [0.5, 0.6) is 0 Å². The zero-order chi connectivity index (χ0) is 16.0. The lowest BCUT2D eigenvalue weighted by atomic mass is 10.0. The van der Waals surface area contributed by atoms with E-state index in [-0.39, 0.29) is 12.5 Å². The van der Waals surface area contributed by atoms with Crippen molar-refractivity contribution in [2.45, 2.75) is 38.3 Å². The first-order chi connectivity index (χ1) is 9.13. The second kappa shape index (κ2) is 8.02. The van der Waals surface area contributed by atoms with Gasteiger partial charge in [0.05, 0.1) is 0 Å². The van der Waals surface area contributed by atoms with E-state index in [9.17, 15) is 24.9 Å². The number of aliphatic hydroxyl groups is 4. The third-order valence-electron chi connectivity index (χ3n) is 2.89. The van der Waals surface area contributed by atoms with E-state index in [4.69, 9.17) is 16.6 Å². The first-order valence-electron chi connectivity index (χ1n) is 5.94. The van der Waals surface area contributed by atoms with Crippen molar-refractivity contribution in [2.75, 3.05) is 6.54 Å². The summed E-state index contributed by atoms with van der Waals surface area (Å²) in [6, 6.07) is 0. The minimum Gasteiger partial charge on any atom is -0.387 e. The van der Waals surface area contributed by atoms with Crippen molar-refractivity contribution in [1.82, 2.24) is 0 Å². The van der Waals surface area contributed by atoms with Gasteiger partial charge in [0.2, 0.25) is 5.91 Å². The molecule has 0 saturated carbocycles. The maximum absolute atomic E-state index is 11.6. The molecule has 116 valence electrons. The van der Waals surface area contributed by atoms with E-state index in [0.29, 0.717) is 5.71 Å². The topological polar surface area (TPSA) is 179 Å².